The number of aromatic nitrogens is 1. The lowest BCUT2D eigenvalue weighted by atomic mass is 10.1. The van der Waals surface area contributed by atoms with Crippen molar-refractivity contribution in [3.8, 4) is 0 Å². The van der Waals surface area contributed by atoms with E-state index < -0.39 is 11.7 Å². The van der Waals surface area contributed by atoms with Crippen molar-refractivity contribution >= 4 is 33.2 Å². The maximum absolute atomic E-state index is 13.5. The Hall–Kier alpha value is -1.95. The van der Waals surface area contributed by atoms with Crippen LogP contribution in [-0.2, 0) is 0 Å². The van der Waals surface area contributed by atoms with Crippen molar-refractivity contribution in [2.75, 3.05) is 11.1 Å². The molecule has 0 bridgehead atoms. The molecule has 2 rings (SSSR count). The third-order valence-corrected chi connectivity index (χ3v) is 3.22. The smallest absolute Gasteiger partial charge is 0.257 e. The molecule has 0 aliphatic carbocycles. The molecule has 6 heteroatoms. The molecule has 0 spiro atoms. The SMILES string of the molecule is Cc1cc(Br)c(F)cc1NC(=O)c1ccncc1N. The second-order valence-corrected chi connectivity index (χ2v) is 4.85. The minimum Gasteiger partial charge on any atom is -0.397 e. The van der Waals surface area contributed by atoms with Crippen molar-refractivity contribution in [1.29, 1.82) is 0 Å². The Morgan fingerprint density at radius 2 is 2.21 bits per heavy atom. The molecule has 0 atom stereocenters. The van der Waals surface area contributed by atoms with E-state index in [-0.39, 0.29) is 5.69 Å². The Labute approximate surface area is 118 Å². The van der Waals surface area contributed by atoms with E-state index in [4.69, 9.17) is 5.73 Å². The van der Waals surface area contributed by atoms with Crippen LogP contribution in [0.3, 0.4) is 0 Å². The highest BCUT2D eigenvalue weighted by Crippen LogP contribution is 2.24. The quantitative estimate of drug-likeness (QED) is 0.892. The third-order valence-electron chi connectivity index (χ3n) is 2.61. The average molecular weight is 324 g/mol. The van der Waals surface area contributed by atoms with Crippen LogP contribution in [0.25, 0.3) is 0 Å². The summed E-state index contributed by atoms with van der Waals surface area (Å²) in [5, 5.41) is 2.63. The lowest BCUT2D eigenvalue weighted by Gasteiger charge is -2.10. The number of amides is 1. The number of hydrogen-bond donors (Lipinski definition) is 2. The molecule has 1 amide bonds. The maximum atomic E-state index is 13.5. The number of aryl methyl sites for hydroxylation is 1. The number of nitrogens with zero attached hydrogens (tertiary/aromatic N) is 1. The van der Waals surface area contributed by atoms with Gasteiger partial charge in [-0.1, -0.05) is 0 Å². The van der Waals surface area contributed by atoms with Crippen molar-refractivity contribution in [3.05, 3.63) is 52.0 Å². The fourth-order valence-electron chi connectivity index (χ4n) is 1.58. The molecule has 19 heavy (non-hydrogen) atoms. The number of anilines is 2. The molecule has 3 N–H and O–H groups in total. The highest BCUT2D eigenvalue weighted by molar-refractivity contribution is 9.10. The van der Waals surface area contributed by atoms with Gasteiger partial charge in [0, 0.05) is 11.9 Å². The first kappa shape index (κ1) is 13.5. The minimum atomic E-state index is -0.441. The predicted octanol–water partition coefficient (Wildman–Crippen LogP) is 3.13. The molecule has 0 saturated carbocycles. The summed E-state index contributed by atoms with van der Waals surface area (Å²) in [7, 11) is 0. The van der Waals surface area contributed by atoms with Crippen LogP contribution in [0.15, 0.2) is 35.1 Å². The molecular formula is C13H11BrFN3O. The number of nitrogens with one attached hydrogen (secondary N) is 1. The molecule has 0 aliphatic rings. The fourth-order valence-corrected chi connectivity index (χ4v) is 2.04. The molecule has 2 aromatic rings. The van der Waals surface area contributed by atoms with Crippen LogP contribution in [-0.4, -0.2) is 10.9 Å². The number of nitrogens with two attached hydrogens (primary N) is 1. The fraction of sp³-hybridized carbons (Fsp3) is 0.0769. The molecule has 1 aromatic carbocycles. The van der Waals surface area contributed by atoms with E-state index in [1.165, 1.54) is 24.5 Å². The molecule has 98 valence electrons. The number of nitrogen functional groups attached to an aromatic ring is 1. The van der Waals surface area contributed by atoms with Crippen molar-refractivity contribution in [3.63, 3.8) is 0 Å². The van der Waals surface area contributed by atoms with Crippen molar-refractivity contribution < 1.29 is 9.18 Å². The van der Waals surface area contributed by atoms with Gasteiger partial charge in [0.15, 0.2) is 0 Å². The topological polar surface area (TPSA) is 68.0 Å². The van der Waals surface area contributed by atoms with Gasteiger partial charge in [0.25, 0.3) is 5.91 Å². The Morgan fingerprint density at radius 1 is 1.47 bits per heavy atom. The van der Waals surface area contributed by atoms with Crippen LogP contribution < -0.4 is 11.1 Å². The molecule has 0 aliphatic heterocycles. The van der Waals surface area contributed by atoms with E-state index in [0.29, 0.717) is 15.7 Å². The van der Waals surface area contributed by atoms with Crippen LogP contribution in [0.2, 0.25) is 0 Å². The van der Waals surface area contributed by atoms with Crippen molar-refractivity contribution in [1.82, 2.24) is 4.98 Å². The minimum absolute atomic E-state index is 0.273. The van der Waals surface area contributed by atoms with E-state index >= 15 is 0 Å². The summed E-state index contributed by atoms with van der Waals surface area (Å²) in [5.74, 6) is -0.840. The first-order chi connectivity index (χ1) is 8.99. The largest absolute Gasteiger partial charge is 0.397 e. The van der Waals surface area contributed by atoms with Gasteiger partial charge >= 0.3 is 0 Å². The molecule has 0 unspecified atom stereocenters. The van der Waals surface area contributed by atoms with Gasteiger partial charge in [-0.2, -0.15) is 0 Å². The van der Waals surface area contributed by atoms with Crippen molar-refractivity contribution in [2.45, 2.75) is 6.92 Å². The Kier molecular flexibility index (Phi) is 3.80. The van der Waals surface area contributed by atoms with E-state index in [1.54, 1.807) is 13.0 Å². The zero-order valence-electron chi connectivity index (χ0n) is 10.1. The van der Waals surface area contributed by atoms with Gasteiger partial charge in [-0.25, -0.2) is 4.39 Å². The number of rotatable bonds is 2. The Balaban J connectivity index is 2.30. The third kappa shape index (κ3) is 2.90. The van der Waals surface area contributed by atoms with Crippen LogP contribution in [0.4, 0.5) is 15.8 Å². The molecule has 4 nitrogen and oxygen atoms in total. The monoisotopic (exact) mass is 323 g/mol. The highest BCUT2D eigenvalue weighted by atomic mass is 79.9. The summed E-state index contributed by atoms with van der Waals surface area (Å²) in [5.41, 5.74) is 7.39. The highest BCUT2D eigenvalue weighted by Gasteiger charge is 2.12. The van der Waals surface area contributed by atoms with Gasteiger partial charge in [0.1, 0.15) is 5.82 Å². The lowest BCUT2D eigenvalue weighted by molar-refractivity contribution is 0.102. The van der Waals surface area contributed by atoms with Gasteiger partial charge in [0.2, 0.25) is 0 Å². The van der Waals surface area contributed by atoms with E-state index in [2.05, 4.69) is 26.2 Å². The molecule has 0 saturated heterocycles. The number of halogens is 2. The zero-order valence-corrected chi connectivity index (χ0v) is 11.7. The van der Waals surface area contributed by atoms with Gasteiger partial charge in [-0.05, 0) is 46.6 Å². The second-order valence-electron chi connectivity index (χ2n) is 4.00. The first-order valence-electron chi connectivity index (χ1n) is 5.45. The molecular weight excluding hydrogens is 313 g/mol. The lowest BCUT2D eigenvalue weighted by Crippen LogP contribution is -2.15. The van der Waals surface area contributed by atoms with Crippen LogP contribution >= 0.6 is 15.9 Å². The molecule has 1 aromatic heterocycles. The van der Waals surface area contributed by atoms with E-state index in [1.807, 2.05) is 0 Å². The van der Waals surface area contributed by atoms with Gasteiger partial charge in [0.05, 0.1) is 21.9 Å². The maximum Gasteiger partial charge on any atom is 0.257 e. The predicted molar refractivity (Wildman–Crippen MR) is 75.4 cm³/mol. The van der Waals surface area contributed by atoms with Gasteiger partial charge < -0.3 is 11.1 Å². The summed E-state index contributed by atoms with van der Waals surface area (Å²) in [6.45, 7) is 1.77. The number of pyridine rings is 1. The molecule has 0 radical (unpaired) electrons. The average Bonchev–Trinajstić information content (AvgIpc) is 2.36. The van der Waals surface area contributed by atoms with Crippen LogP contribution in [0, 0.1) is 12.7 Å². The first-order valence-corrected chi connectivity index (χ1v) is 6.25. The number of carbonyl (C=O) groups excluding carboxylic acids is 1. The Bertz CT molecular complexity index is 646. The summed E-state index contributed by atoms with van der Waals surface area (Å²) < 4.78 is 13.8. The number of carbonyl (C=O) groups is 1. The summed E-state index contributed by atoms with van der Waals surface area (Å²) in [6, 6.07) is 4.37. The van der Waals surface area contributed by atoms with Crippen molar-refractivity contribution in [2.24, 2.45) is 0 Å². The number of hydrogen-bond acceptors (Lipinski definition) is 3. The van der Waals surface area contributed by atoms with E-state index in [0.717, 1.165) is 5.56 Å². The van der Waals surface area contributed by atoms with Crippen LogP contribution in [0.1, 0.15) is 15.9 Å². The van der Waals surface area contributed by atoms with Crippen LogP contribution in [0.5, 0.6) is 0 Å². The molecule has 0 fully saturated rings. The second kappa shape index (κ2) is 5.36. The number of benzene rings is 1. The van der Waals surface area contributed by atoms with Gasteiger partial charge in [-0.3, -0.25) is 9.78 Å². The van der Waals surface area contributed by atoms with E-state index in [9.17, 15) is 9.18 Å². The summed E-state index contributed by atoms with van der Waals surface area (Å²) in [4.78, 5) is 15.8. The standard InChI is InChI=1S/C13H11BrFN3O/c1-7-4-9(14)10(15)5-12(7)18-13(19)8-2-3-17-6-11(8)16/h2-6H,16H2,1H3,(H,18,19). The summed E-state index contributed by atoms with van der Waals surface area (Å²) in [6.07, 6.45) is 2.87. The van der Waals surface area contributed by atoms with Gasteiger partial charge in [-0.15, -0.1) is 0 Å². The summed E-state index contributed by atoms with van der Waals surface area (Å²) >= 11 is 3.09. The Morgan fingerprint density at radius 3 is 2.89 bits per heavy atom. The normalized spacial score (nSPS) is 10.3. The zero-order chi connectivity index (χ0) is 14.0. The molecule has 1 heterocycles.